The van der Waals surface area contributed by atoms with E-state index in [-0.39, 0.29) is 5.91 Å². The molecule has 126 valence electrons. The zero-order chi connectivity index (χ0) is 17.9. The minimum atomic E-state index is -0.174. The normalized spacial score (nSPS) is 10.7. The standard InChI is InChI=1S/C21H14ClN3O/c22-18-4-2-12-24-20(18)14-5-7-15(8-6-14)21(26)25-17-9-10-19-16(13-17)3-1-11-23-19/h1-13H,(H,25,26). The van der Waals surface area contributed by atoms with Gasteiger partial charge in [-0.25, -0.2) is 0 Å². The molecular formula is C21H14ClN3O. The van der Waals surface area contributed by atoms with Crippen LogP contribution in [0.4, 0.5) is 5.69 Å². The minimum absolute atomic E-state index is 0.174. The molecule has 1 N–H and O–H groups in total. The summed E-state index contributed by atoms with van der Waals surface area (Å²) < 4.78 is 0. The van der Waals surface area contributed by atoms with Crippen molar-refractivity contribution in [2.75, 3.05) is 5.32 Å². The van der Waals surface area contributed by atoms with Crippen molar-refractivity contribution in [2.24, 2.45) is 0 Å². The van der Waals surface area contributed by atoms with E-state index in [1.807, 2.05) is 42.5 Å². The molecule has 5 heteroatoms. The second-order valence-electron chi connectivity index (χ2n) is 5.78. The average Bonchev–Trinajstić information content (AvgIpc) is 2.68. The van der Waals surface area contributed by atoms with Crippen molar-refractivity contribution in [2.45, 2.75) is 0 Å². The first-order chi connectivity index (χ1) is 12.7. The van der Waals surface area contributed by atoms with Gasteiger partial charge in [0.1, 0.15) is 0 Å². The number of fused-ring (bicyclic) bond motifs is 1. The molecule has 4 rings (SSSR count). The molecule has 26 heavy (non-hydrogen) atoms. The predicted molar refractivity (Wildman–Crippen MR) is 104 cm³/mol. The molecule has 1 amide bonds. The molecule has 0 atom stereocenters. The van der Waals surface area contributed by atoms with Gasteiger partial charge in [0, 0.05) is 34.6 Å². The maximum atomic E-state index is 12.5. The van der Waals surface area contributed by atoms with E-state index in [1.165, 1.54) is 0 Å². The second kappa shape index (κ2) is 6.94. The van der Waals surface area contributed by atoms with Crippen LogP contribution in [0.3, 0.4) is 0 Å². The molecule has 2 aromatic carbocycles. The van der Waals surface area contributed by atoms with Gasteiger partial charge in [0.2, 0.25) is 0 Å². The summed E-state index contributed by atoms with van der Waals surface area (Å²) in [5, 5.41) is 4.47. The van der Waals surface area contributed by atoms with E-state index < -0.39 is 0 Å². The number of carbonyl (C=O) groups excluding carboxylic acids is 1. The molecule has 0 radical (unpaired) electrons. The second-order valence-corrected chi connectivity index (χ2v) is 6.18. The van der Waals surface area contributed by atoms with Gasteiger partial charge in [-0.3, -0.25) is 14.8 Å². The van der Waals surface area contributed by atoms with Crippen LogP contribution in [0.5, 0.6) is 0 Å². The zero-order valence-electron chi connectivity index (χ0n) is 13.7. The fourth-order valence-corrected chi connectivity index (χ4v) is 2.96. The van der Waals surface area contributed by atoms with Crippen molar-refractivity contribution in [1.82, 2.24) is 9.97 Å². The van der Waals surface area contributed by atoms with Crippen LogP contribution >= 0.6 is 11.6 Å². The summed E-state index contributed by atoms with van der Waals surface area (Å²) in [5.74, 6) is -0.174. The van der Waals surface area contributed by atoms with Gasteiger partial charge in [-0.1, -0.05) is 29.8 Å². The number of hydrogen-bond donors (Lipinski definition) is 1. The van der Waals surface area contributed by atoms with Crippen LogP contribution in [0, 0.1) is 0 Å². The predicted octanol–water partition coefficient (Wildman–Crippen LogP) is 5.20. The Balaban J connectivity index is 1.55. The van der Waals surface area contributed by atoms with E-state index in [1.54, 1.807) is 36.7 Å². The van der Waals surface area contributed by atoms with Gasteiger partial charge in [0.05, 0.1) is 16.2 Å². The van der Waals surface area contributed by atoms with Gasteiger partial charge in [-0.2, -0.15) is 0 Å². The molecule has 0 aliphatic carbocycles. The molecule has 4 nitrogen and oxygen atoms in total. The molecule has 0 fully saturated rings. The summed E-state index contributed by atoms with van der Waals surface area (Å²) in [6, 6.07) is 20.2. The van der Waals surface area contributed by atoms with E-state index in [4.69, 9.17) is 11.6 Å². The Hall–Kier alpha value is -3.24. The first kappa shape index (κ1) is 16.2. The van der Waals surface area contributed by atoms with Crippen LogP contribution in [0.1, 0.15) is 10.4 Å². The first-order valence-electron chi connectivity index (χ1n) is 8.08. The fraction of sp³-hybridized carbons (Fsp3) is 0. The van der Waals surface area contributed by atoms with Crippen molar-refractivity contribution in [3.05, 3.63) is 89.7 Å². The largest absolute Gasteiger partial charge is 0.322 e. The summed E-state index contributed by atoms with van der Waals surface area (Å²) in [6.45, 7) is 0. The van der Waals surface area contributed by atoms with E-state index in [9.17, 15) is 4.79 Å². The Labute approximate surface area is 155 Å². The molecule has 0 aliphatic rings. The van der Waals surface area contributed by atoms with Crippen molar-refractivity contribution < 1.29 is 4.79 Å². The lowest BCUT2D eigenvalue weighted by Gasteiger charge is -2.08. The third-order valence-electron chi connectivity index (χ3n) is 4.04. The molecule has 2 heterocycles. The number of anilines is 1. The minimum Gasteiger partial charge on any atom is -0.322 e. The smallest absolute Gasteiger partial charge is 0.255 e. The Morgan fingerprint density at radius 3 is 2.46 bits per heavy atom. The Morgan fingerprint density at radius 2 is 1.65 bits per heavy atom. The van der Waals surface area contributed by atoms with Gasteiger partial charge >= 0.3 is 0 Å². The number of nitrogens with zero attached hydrogens (tertiary/aromatic N) is 2. The van der Waals surface area contributed by atoms with Crippen LogP contribution in [-0.4, -0.2) is 15.9 Å². The number of carbonyl (C=O) groups is 1. The van der Waals surface area contributed by atoms with Gasteiger partial charge in [0.25, 0.3) is 5.91 Å². The summed E-state index contributed by atoms with van der Waals surface area (Å²) >= 11 is 6.17. The SMILES string of the molecule is O=C(Nc1ccc2ncccc2c1)c1ccc(-c2ncccc2Cl)cc1. The zero-order valence-corrected chi connectivity index (χ0v) is 14.4. The van der Waals surface area contributed by atoms with Gasteiger partial charge in [-0.15, -0.1) is 0 Å². The third-order valence-corrected chi connectivity index (χ3v) is 4.34. The molecule has 0 bridgehead atoms. The van der Waals surface area contributed by atoms with Gasteiger partial charge in [0.15, 0.2) is 0 Å². The number of rotatable bonds is 3. The number of aromatic nitrogens is 2. The van der Waals surface area contributed by atoms with Crippen molar-refractivity contribution in [3.63, 3.8) is 0 Å². The molecule has 0 spiro atoms. The number of amides is 1. The van der Waals surface area contributed by atoms with E-state index in [0.29, 0.717) is 16.3 Å². The maximum Gasteiger partial charge on any atom is 0.255 e. The molecule has 0 unspecified atom stereocenters. The topological polar surface area (TPSA) is 54.9 Å². The van der Waals surface area contributed by atoms with Crippen LogP contribution in [0.2, 0.25) is 5.02 Å². The van der Waals surface area contributed by atoms with E-state index in [2.05, 4.69) is 15.3 Å². The highest BCUT2D eigenvalue weighted by molar-refractivity contribution is 6.33. The van der Waals surface area contributed by atoms with E-state index >= 15 is 0 Å². The number of halogens is 1. The molecular weight excluding hydrogens is 346 g/mol. The Bertz CT molecular complexity index is 1090. The molecule has 2 aromatic heterocycles. The summed E-state index contributed by atoms with van der Waals surface area (Å²) in [7, 11) is 0. The van der Waals surface area contributed by atoms with Crippen molar-refractivity contribution in [3.8, 4) is 11.3 Å². The summed E-state index contributed by atoms with van der Waals surface area (Å²) in [6.07, 6.45) is 3.44. The Kier molecular flexibility index (Phi) is 4.33. The van der Waals surface area contributed by atoms with Gasteiger partial charge < -0.3 is 5.32 Å². The maximum absolute atomic E-state index is 12.5. The highest BCUT2D eigenvalue weighted by Gasteiger charge is 2.09. The highest BCUT2D eigenvalue weighted by Crippen LogP contribution is 2.25. The lowest BCUT2D eigenvalue weighted by atomic mass is 10.1. The van der Waals surface area contributed by atoms with Gasteiger partial charge in [-0.05, 0) is 48.5 Å². The van der Waals surface area contributed by atoms with E-state index in [0.717, 1.165) is 22.2 Å². The highest BCUT2D eigenvalue weighted by atomic mass is 35.5. The quantitative estimate of drug-likeness (QED) is 0.546. The lowest BCUT2D eigenvalue weighted by molar-refractivity contribution is 0.102. The number of hydrogen-bond acceptors (Lipinski definition) is 3. The van der Waals surface area contributed by atoms with Crippen LogP contribution in [0.15, 0.2) is 79.1 Å². The third kappa shape index (κ3) is 3.27. The number of benzene rings is 2. The number of nitrogens with one attached hydrogen (secondary N) is 1. The molecule has 0 saturated carbocycles. The lowest BCUT2D eigenvalue weighted by Crippen LogP contribution is -2.11. The fourth-order valence-electron chi connectivity index (χ4n) is 2.73. The molecule has 4 aromatic rings. The monoisotopic (exact) mass is 359 g/mol. The number of pyridine rings is 2. The van der Waals surface area contributed by atoms with Crippen LogP contribution in [-0.2, 0) is 0 Å². The molecule has 0 aliphatic heterocycles. The van der Waals surface area contributed by atoms with Crippen molar-refractivity contribution >= 4 is 34.1 Å². The van der Waals surface area contributed by atoms with Crippen LogP contribution in [0.25, 0.3) is 22.2 Å². The Morgan fingerprint density at radius 1 is 0.885 bits per heavy atom. The average molecular weight is 360 g/mol. The summed E-state index contributed by atoms with van der Waals surface area (Å²) in [4.78, 5) is 21.1. The summed E-state index contributed by atoms with van der Waals surface area (Å²) in [5.41, 5.74) is 3.74. The van der Waals surface area contributed by atoms with Crippen LogP contribution < -0.4 is 5.32 Å². The van der Waals surface area contributed by atoms with Crippen molar-refractivity contribution in [1.29, 1.82) is 0 Å². The first-order valence-corrected chi connectivity index (χ1v) is 8.45. The molecule has 0 saturated heterocycles.